The molecule has 0 unspecified atom stereocenters. The van der Waals surface area contributed by atoms with Crippen molar-refractivity contribution in [1.82, 2.24) is 29.4 Å². The summed E-state index contributed by atoms with van der Waals surface area (Å²) in [6.07, 6.45) is 1.85. The molecule has 3 aromatic rings. The van der Waals surface area contributed by atoms with E-state index in [1.807, 2.05) is 18.7 Å². The molecule has 4 rings (SSSR count). The lowest BCUT2D eigenvalue weighted by molar-refractivity contribution is -0.132. The lowest BCUT2D eigenvalue weighted by Crippen LogP contribution is -2.48. The molecule has 0 atom stereocenters. The van der Waals surface area contributed by atoms with Crippen molar-refractivity contribution in [3.05, 3.63) is 58.7 Å². The van der Waals surface area contributed by atoms with Gasteiger partial charge in [0, 0.05) is 49.7 Å². The van der Waals surface area contributed by atoms with Crippen LogP contribution in [-0.4, -0.2) is 61.5 Å². The minimum Gasteiger partial charge on any atom is -0.340 e. The van der Waals surface area contributed by atoms with Crippen molar-refractivity contribution in [2.45, 2.75) is 46.6 Å². The highest BCUT2D eigenvalue weighted by Gasteiger charge is 2.23. The van der Waals surface area contributed by atoms with Gasteiger partial charge in [0.2, 0.25) is 5.91 Å². The minimum absolute atomic E-state index is 0.156. The lowest BCUT2D eigenvalue weighted by atomic mass is 10.0. The molecule has 30 heavy (non-hydrogen) atoms. The van der Waals surface area contributed by atoms with Crippen molar-refractivity contribution < 1.29 is 4.79 Å². The second-order valence-electron chi connectivity index (χ2n) is 8.46. The Morgan fingerprint density at radius 2 is 1.77 bits per heavy atom. The zero-order valence-electron chi connectivity index (χ0n) is 18.3. The summed E-state index contributed by atoms with van der Waals surface area (Å²) in [5.41, 5.74) is 5.44. The molecule has 7 nitrogen and oxygen atoms in total. The number of amides is 1. The van der Waals surface area contributed by atoms with Crippen LogP contribution in [0.2, 0.25) is 0 Å². The summed E-state index contributed by atoms with van der Waals surface area (Å²) in [6.45, 7) is 12.6. The number of nitrogens with zero attached hydrogens (tertiary/aromatic N) is 6. The first-order valence-electron chi connectivity index (χ1n) is 10.7. The van der Waals surface area contributed by atoms with Gasteiger partial charge in [-0.3, -0.25) is 9.69 Å². The van der Waals surface area contributed by atoms with Crippen LogP contribution in [0.25, 0.3) is 5.78 Å². The average molecular weight is 407 g/mol. The summed E-state index contributed by atoms with van der Waals surface area (Å²) in [6, 6.07) is 8.91. The summed E-state index contributed by atoms with van der Waals surface area (Å²) < 4.78 is 1.71. The molecule has 0 aliphatic carbocycles. The molecule has 3 heterocycles. The molecular formula is C23H30N6O. The van der Waals surface area contributed by atoms with Crippen LogP contribution in [0.4, 0.5) is 0 Å². The van der Waals surface area contributed by atoms with E-state index < -0.39 is 0 Å². The number of carbonyl (C=O) groups is 1. The van der Waals surface area contributed by atoms with E-state index in [0.29, 0.717) is 18.1 Å². The van der Waals surface area contributed by atoms with E-state index in [0.717, 1.165) is 49.7 Å². The Kier molecular flexibility index (Phi) is 5.81. The topological polar surface area (TPSA) is 66.6 Å². The number of rotatable bonds is 5. The highest BCUT2D eigenvalue weighted by Crippen LogP contribution is 2.18. The van der Waals surface area contributed by atoms with Crippen LogP contribution >= 0.6 is 0 Å². The quantitative estimate of drug-likeness (QED) is 0.652. The van der Waals surface area contributed by atoms with Crippen molar-refractivity contribution in [3.63, 3.8) is 0 Å². The van der Waals surface area contributed by atoms with Gasteiger partial charge in [0.05, 0.1) is 6.42 Å². The molecule has 1 aliphatic rings. The fraction of sp³-hybridized carbons (Fsp3) is 0.478. The van der Waals surface area contributed by atoms with Crippen molar-refractivity contribution in [3.8, 4) is 0 Å². The van der Waals surface area contributed by atoms with Gasteiger partial charge in [-0.1, -0.05) is 38.1 Å². The Labute approximate surface area is 177 Å². The predicted octanol–water partition coefficient (Wildman–Crippen LogP) is 2.75. The zero-order chi connectivity index (χ0) is 21.3. The molecule has 1 fully saturated rings. The fourth-order valence-corrected chi connectivity index (χ4v) is 4.10. The third-order valence-electron chi connectivity index (χ3n) is 6.09. The van der Waals surface area contributed by atoms with Gasteiger partial charge in [-0.2, -0.15) is 10.1 Å². The van der Waals surface area contributed by atoms with Gasteiger partial charge in [0.15, 0.2) is 0 Å². The first-order chi connectivity index (χ1) is 14.4. The van der Waals surface area contributed by atoms with Gasteiger partial charge >= 0.3 is 0 Å². The first kappa shape index (κ1) is 20.5. The maximum atomic E-state index is 12.9. The molecule has 1 aromatic carbocycles. The maximum Gasteiger partial charge on any atom is 0.252 e. The normalized spacial score (nSPS) is 15.3. The molecule has 1 saturated heterocycles. The van der Waals surface area contributed by atoms with Crippen LogP contribution in [-0.2, 0) is 17.8 Å². The van der Waals surface area contributed by atoms with Gasteiger partial charge in [-0.25, -0.2) is 9.50 Å². The highest BCUT2D eigenvalue weighted by atomic mass is 16.2. The number of carbonyl (C=O) groups excluding carboxylic acids is 1. The van der Waals surface area contributed by atoms with E-state index in [2.05, 4.69) is 58.1 Å². The molecule has 1 amide bonds. The van der Waals surface area contributed by atoms with Crippen molar-refractivity contribution >= 4 is 11.7 Å². The van der Waals surface area contributed by atoms with E-state index in [-0.39, 0.29) is 5.91 Å². The predicted molar refractivity (Wildman–Crippen MR) is 116 cm³/mol. The summed E-state index contributed by atoms with van der Waals surface area (Å²) in [7, 11) is 0. The third kappa shape index (κ3) is 4.21. The van der Waals surface area contributed by atoms with E-state index >= 15 is 0 Å². The Balaban J connectivity index is 1.34. The second kappa shape index (κ2) is 8.52. The van der Waals surface area contributed by atoms with Crippen LogP contribution < -0.4 is 0 Å². The van der Waals surface area contributed by atoms with Crippen molar-refractivity contribution in [2.24, 2.45) is 0 Å². The molecule has 0 saturated carbocycles. The van der Waals surface area contributed by atoms with Gasteiger partial charge in [0.1, 0.15) is 6.33 Å². The van der Waals surface area contributed by atoms with E-state index in [9.17, 15) is 4.79 Å². The summed E-state index contributed by atoms with van der Waals surface area (Å²) >= 11 is 0. The number of aromatic nitrogens is 4. The van der Waals surface area contributed by atoms with Crippen LogP contribution in [0.3, 0.4) is 0 Å². The van der Waals surface area contributed by atoms with Crippen LogP contribution in [0, 0.1) is 13.8 Å². The second-order valence-corrected chi connectivity index (χ2v) is 8.46. The van der Waals surface area contributed by atoms with E-state index in [1.165, 1.54) is 17.5 Å². The highest BCUT2D eigenvalue weighted by molar-refractivity contribution is 5.79. The number of hydrogen-bond donors (Lipinski definition) is 0. The number of hydrogen-bond acceptors (Lipinski definition) is 5. The van der Waals surface area contributed by atoms with Crippen molar-refractivity contribution in [2.75, 3.05) is 26.2 Å². The van der Waals surface area contributed by atoms with Crippen LogP contribution in [0.1, 0.15) is 47.8 Å². The monoisotopic (exact) mass is 406 g/mol. The van der Waals surface area contributed by atoms with Crippen LogP contribution in [0.5, 0.6) is 0 Å². The third-order valence-corrected chi connectivity index (χ3v) is 6.09. The van der Waals surface area contributed by atoms with Gasteiger partial charge in [-0.15, -0.1) is 0 Å². The molecule has 0 radical (unpaired) electrons. The lowest BCUT2D eigenvalue weighted by Gasteiger charge is -2.35. The number of benzene rings is 1. The van der Waals surface area contributed by atoms with Gasteiger partial charge < -0.3 is 4.90 Å². The molecule has 0 bridgehead atoms. The summed E-state index contributed by atoms with van der Waals surface area (Å²) in [5.74, 6) is 1.29. The largest absolute Gasteiger partial charge is 0.340 e. The molecule has 2 aromatic heterocycles. The SMILES string of the molecule is Cc1nc2ncnn2c(C)c1CC(=O)N1CCN(Cc2ccc(C(C)C)cc2)CC1. The Bertz CT molecular complexity index is 1030. The number of piperazine rings is 1. The molecule has 1 aliphatic heterocycles. The molecule has 158 valence electrons. The Morgan fingerprint density at radius 3 is 2.43 bits per heavy atom. The average Bonchev–Trinajstić information content (AvgIpc) is 3.20. The molecule has 0 spiro atoms. The molecule has 0 N–H and O–H groups in total. The summed E-state index contributed by atoms with van der Waals surface area (Å²) in [5, 5.41) is 4.22. The van der Waals surface area contributed by atoms with Gasteiger partial charge in [0.25, 0.3) is 5.78 Å². The zero-order valence-corrected chi connectivity index (χ0v) is 18.3. The first-order valence-corrected chi connectivity index (χ1v) is 10.7. The Morgan fingerprint density at radius 1 is 1.07 bits per heavy atom. The fourth-order valence-electron chi connectivity index (χ4n) is 4.10. The smallest absolute Gasteiger partial charge is 0.252 e. The molecular weight excluding hydrogens is 376 g/mol. The number of aryl methyl sites for hydroxylation is 2. The van der Waals surface area contributed by atoms with Crippen molar-refractivity contribution in [1.29, 1.82) is 0 Å². The van der Waals surface area contributed by atoms with Gasteiger partial charge in [-0.05, 0) is 30.9 Å². The van der Waals surface area contributed by atoms with E-state index in [4.69, 9.17) is 0 Å². The maximum absolute atomic E-state index is 12.9. The minimum atomic E-state index is 0.156. The summed E-state index contributed by atoms with van der Waals surface area (Å²) in [4.78, 5) is 26.0. The molecule has 7 heteroatoms. The van der Waals surface area contributed by atoms with Crippen LogP contribution in [0.15, 0.2) is 30.6 Å². The number of fused-ring (bicyclic) bond motifs is 1. The van der Waals surface area contributed by atoms with E-state index in [1.54, 1.807) is 4.52 Å². The standard InChI is InChI=1S/C23H30N6O/c1-16(2)20-7-5-19(6-8-20)14-27-9-11-28(12-10-27)22(30)13-21-17(3)26-23-24-15-25-29(23)18(21)4/h5-8,15-16H,9-14H2,1-4H3. The Hall–Kier alpha value is -2.80.